The first kappa shape index (κ1) is 14.5. The molecule has 0 N–H and O–H groups in total. The fraction of sp³-hybridized carbons (Fsp3) is 0.467. The van der Waals surface area contributed by atoms with Crippen LogP contribution in [0.2, 0.25) is 39.3 Å². The summed E-state index contributed by atoms with van der Waals surface area (Å²) in [6.07, 6.45) is 3.64. The Bertz CT molecular complexity index is 362. The van der Waals surface area contributed by atoms with Gasteiger partial charge in [-0.1, -0.05) is 80.5 Å². The maximum Gasteiger partial charge on any atom is 0.0678 e. The molecule has 1 rings (SSSR count). The van der Waals surface area contributed by atoms with E-state index in [0.717, 1.165) is 6.42 Å². The molecule has 0 unspecified atom stereocenters. The van der Waals surface area contributed by atoms with Crippen molar-refractivity contribution in [1.29, 1.82) is 0 Å². The Balaban J connectivity index is 2.93. The molecule has 0 aliphatic rings. The van der Waals surface area contributed by atoms with E-state index in [0.29, 0.717) is 0 Å². The van der Waals surface area contributed by atoms with Crippen LogP contribution in [0.5, 0.6) is 0 Å². The molecule has 0 radical (unpaired) electrons. The summed E-state index contributed by atoms with van der Waals surface area (Å²) in [6.45, 7) is 14.8. The topological polar surface area (TPSA) is 0 Å². The van der Waals surface area contributed by atoms with Crippen molar-refractivity contribution in [2.75, 3.05) is 0 Å². The second kappa shape index (κ2) is 5.36. The summed E-state index contributed by atoms with van der Waals surface area (Å²) in [7, 11) is -2.31. The molecule has 17 heavy (non-hydrogen) atoms. The lowest BCUT2D eigenvalue weighted by Gasteiger charge is -2.31. The van der Waals surface area contributed by atoms with Gasteiger partial charge in [-0.15, -0.1) is 0 Å². The number of hydrogen-bond donors (Lipinski definition) is 0. The number of benzene rings is 1. The van der Waals surface area contributed by atoms with Gasteiger partial charge in [-0.3, -0.25) is 0 Å². The van der Waals surface area contributed by atoms with E-state index in [1.807, 2.05) is 4.82 Å². The van der Waals surface area contributed by atoms with E-state index in [1.165, 1.54) is 5.56 Å². The molecule has 0 heterocycles. The van der Waals surface area contributed by atoms with Crippen LogP contribution in [0.25, 0.3) is 0 Å². The molecule has 0 aliphatic carbocycles. The van der Waals surface area contributed by atoms with E-state index in [4.69, 9.17) is 0 Å². The summed E-state index contributed by atoms with van der Waals surface area (Å²) < 4.78 is 0. The molecule has 0 amide bonds. The Kier molecular flexibility index (Phi) is 4.56. The highest BCUT2D eigenvalue weighted by molar-refractivity contribution is 7.04. The fourth-order valence-corrected chi connectivity index (χ4v) is 13.0. The van der Waals surface area contributed by atoms with Gasteiger partial charge in [0, 0.05) is 0 Å². The third kappa shape index (κ3) is 4.64. The van der Waals surface area contributed by atoms with Crippen molar-refractivity contribution in [2.24, 2.45) is 0 Å². The van der Waals surface area contributed by atoms with Crippen LogP contribution < -0.4 is 0 Å². The SMILES string of the molecule is C[Si](C)(C)C(=CCc1ccccc1)[Si](C)(C)C. The minimum Gasteiger partial charge on any atom is -0.0946 e. The molecule has 1 aromatic carbocycles. The van der Waals surface area contributed by atoms with Crippen LogP contribution >= 0.6 is 0 Å². The third-order valence-corrected chi connectivity index (χ3v) is 11.1. The lowest BCUT2D eigenvalue weighted by atomic mass is 10.2. The maximum atomic E-state index is 2.54. The fourth-order valence-electron chi connectivity index (χ4n) is 2.57. The molecule has 94 valence electrons. The second-order valence-corrected chi connectivity index (χ2v) is 17.4. The van der Waals surface area contributed by atoms with Gasteiger partial charge in [-0.05, 0) is 12.0 Å². The van der Waals surface area contributed by atoms with Crippen molar-refractivity contribution in [3.8, 4) is 0 Å². The van der Waals surface area contributed by atoms with Crippen molar-refractivity contribution in [3.05, 3.63) is 46.8 Å². The molecule has 0 nitrogen and oxygen atoms in total. The standard InChI is InChI=1S/C15H26Si2/c1-16(2,3)15(17(4,5)6)13-12-14-10-8-7-9-11-14/h7-11,13H,12H2,1-6H3. The summed E-state index contributed by atoms with van der Waals surface area (Å²) in [5.41, 5.74) is 1.43. The Hall–Kier alpha value is -0.606. The van der Waals surface area contributed by atoms with Gasteiger partial charge in [0.1, 0.15) is 0 Å². The zero-order valence-corrected chi connectivity index (χ0v) is 14.2. The summed E-state index contributed by atoms with van der Waals surface area (Å²) in [5, 5.41) is 0. The summed E-state index contributed by atoms with van der Waals surface area (Å²) in [5.74, 6) is 0. The first-order valence-corrected chi connectivity index (χ1v) is 13.5. The van der Waals surface area contributed by atoms with Gasteiger partial charge in [-0.2, -0.15) is 0 Å². The number of rotatable bonds is 4. The van der Waals surface area contributed by atoms with E-state index in [9.17, 15) is 0 Å². The van der Waals surface area contributed by atoms with Gasteiger partial charge < -0.3 is 0 Å². The predicted octanol–water partition coefficient (Wildman–Crippen LogP) is 4.91. The van der Waals surface area contributed by atoms with Gasteiger partial charge in [0.05, 0.1) is 16.1 Å². The first-order chi connectivity index (χ1) is 7.71. The van der Waals surface area contributed by atoms with E-state index in [-0.39, 0.29) is 0 Å². The van der Waals surface area contributed by atoms with Crippen molar-refractivity contribution in [2.45, 2.75) is 45.7 Å². The molecule has 0 saturated heterocycles. The maximum absolute atomic E-state index is 2.54. The second-order valence-electron chi connectivity index (χ2n) is 6.81. The zero-order chi connectivity index (χ0) is 13.1. The Morgan fingerprint density at radius 3 is 1.76 bits per heavy atom. The average molecular weight is 263 g/mol. The van der Waals surface area contributed by atoms with E-state index in [1.54, 1.807) is 0 Å². The third-order valence-electron chi connectivity index (χ3n) is 3.00. The zero-order valence-electron chi connectivity index (χ0n) is 12.2. The van der Waals surface area contributed by atoms with Gasteiger partial charge in [0.15, 0.2) is 0 Å². The van der Waals surface area contributed by atoms with Gasteiger partial charge in [0.25, 0.3) is 0 Å². The van der Waals surface area contributed by atoms with E-state index in [2.05, 4.69) is 75.7 Å². The van der Waals surface area contributed by atoms with Crippen molar-refractivity contribution < 1.29 is 0 Å². The van der Waals surface area contributed by atoms with Gasteiger partial charge in [0.2, 0.25) is 0 Å². The lowest BCUT2D eigenvalue weighted by molar-refractivity contribution is 1.26. The van der Waals surface area contributed by atoms with Crippen LogP contribution in [-0.2, 0) is 6.42 Å². The molecule has 0 bridgehead atoms. The number of hydrogen-bond acceptors (Lipinski definition) is 0. The van der Waals surface area contributed by atoms with Gasteiger partial charge in [-0.25, -0.2) is 0 Å². The lowest BCUT2D eigenvalue weighted by Crippen LogP contribution is -2.40. The highest BCUT2D eigenvalue weighted by Gasteiger charge is 2.30. The molecule has 0 aliphatic heterocycles. The minimum atomic E-state index is -1.15. The van der Waals surface area contributed by atoms with Crippen LogP contribution in [0, 0.1) is 0 Å². The molecule has 2 heteroatoms. The first-order valence-electron chi connectivity index (χ1n) is 6.46. The van der Waals surface area contributed by atoms with Crippen LogP contribution in [0.3, 0.4) is 0 Å². The summed E-state index contributed by atoms with van der Waals surface area (Å²) in [6, 6.07) is 10.8. The largest absolute Gasteiger partial charge is 0.0946 e. The van der Waals surface area contributed by atoms with Crippen molar-refractivity contribution >= 4 is 16.1 Å². The smallest absolute Gasteiger partial charge is 0.0678 e. The van der Waals surface area contributed by atoms with Crippen LogP contribution in [-0.4, -0.2) is 16.1 Å². The highest BCUT2D eigenvalue weighted by Crippen LogP contribution is 2.25. The molecular formula is C15H26Si2. The van der Waals surface area contributed by atoms with Gasteiger partial charge >= 0.3 is 0 Å². The normalized spacial score (nSPS) is 12.4. The summed E-state index contributed by atoms with van der Waals surface area (Å²) in [4.78, 5) is 1.81. The van der Waals surface area contributed by atoms with Crippen LogP contribution in [0.4, 0.5) is 0 Å². The molecular weight excluding hydrogens is 236 g/mol. The Labute approximate surface area is 109 Å². The average Bonchev–Trinajstić information content (AvgIpc) is 2.15. The Morgan fingerprint density at radius 1 is 0.882 bits per heavy atom. The monoisotopic (exact) mass is 262 g/mol. The molecule has 0 atom stereocenters. The quantitative estimate of drug-likeness (QED) is 0.676. The molecule has 0 aromatic heterocycles. The molecule has 1 aromatic rings. The van der Waals surface area contributed by atoms with E-state index >= 15 is 0 Å². The molecule has 0 fully saturated rings. The predicted molar refractivity (Wildman–Crippen MR) is 84.9 cm³/mol. The minimum absolute atomic E-state index is 1.10. The van der Waals surface area contributed by atoms with E-state index < -0.39 is 16.1 Å². The summed E-state index contributed by atoms with van der Waals surface area (Å²) >= 11 is 0. The van der Waals surface area contributed by atoms with Crippen LogP contribution in [0.1, 0.15) is 5.56 Å². The van der Waals surface area contributed by atoms with Crippen molar-refractivity contribution in [1.82, 2.24) is 0 Å². The van der Waals surface area contributed by atoms with Crippen LogP contribution in [0.15, 0.2) is 41.2 Å². The molecule has 0 saturated carbocycles. The Morgan fingerprint density at radius 2 is 1.35 bits per heavy atom. The molecule has 0 spiro atoms. The highest BCUT2D eigenvalue weighted by atomic mass is 28.4. The number of allylic oxidation sites excluding steroid dienone is 1. The van der Waals surface area contributed by atoms with Crippen molar-refractivity contribution in [3.63, 3.8) is 0 Å².